The van der Waals surface area contributed by atoms with Gasteiger partial charge in [-0.05, 0) is 38.4 Å². The first-order valence-corrected chi connectivity index (χ1v) is 9.29. The minimum absolute atomic E-state index is 0.348. The van der Waals surface area contributed by atoms with E-state index in [4.69, 9.17) is 0 Å². The van der Waals surface area contributed by atoms with Gasteiger partial charge in [-0.25, -0.2) is 0 Å². The average molecular weight is 211 g/mol. The van der Waals surface area contributed by atoms with E-state index in [0.29, 0.717) is 0 Å². The van der Waals surface area contributed by atoms with Gasteiger partial charge >= 0.3 is 0 Å². The van der Waals surface area contributed by atoms with E-state index in [1.54, 1.807) is 0 Å². The summed E-state index contributed by atoms with van der Waals surface area (Å²) in [7, 11) is -0.348. The Morgan fingerprint density at radius 2 is 1.79 bits per heavy atom. The topological polar surface area (TPSA) is 3.24 Å². The molecule has 0 aromatic rings. The summed E-state index contributed by atoms with van der Waals surface area (Å²) < 4.78 is 0. The zero-order chi connectivity index (χ0) is 10.2. The van der Waals surface area contributed by atoms with Crippen LogP contribution in [0.5, 0.6) is 0 Å². The van der Waals surface area contributed by atoms with Crippen molar-refractivity contribution in [3.63, 3.8) is 0 Å². The van der Waals surface area contributed by atoms with Gasteiger partial charge in [-0.15, -0.1) is 0 Å². The van der Waals surface area contributed by atoms with Crippen molar-refractivity contribution >= 4 is 8.80 Å². The molecule has 0 aromatic heterocycles. The monoisotopic (exact) mass is 211 g/mol. The second-order valence-electron chi connectivity index (χ2n) is 4.79. The molecule has 0 aromatic carbocycles. The minimum atomic E-state index is -0.348. The maximum absolute atomic E-state index is 2.61. The Hall–Kier alpha value is -0.0831. The van der Waals surface area contributed by atoms with E-state index in [2.05, 4.69) is 30.1 Å². The number of piperidine rings is 1. The first kappa shape index (κ1) is 12.0. The second-order valence-corrected chi connectivity index (χ2v) is 8.05. The highest BCUT2D eigenvalue weighted by atomic mass is 28.3. The highest BCUT2D eigenvalue weighted by Gasteiger charge is 2.07. The largest absolute Gasteiger partial charge is 0.303 e. The lowest BCUT2D eigenvalue weighted by Crippen LogP contribution is -2.30. The molecule has 2 heteroatoms. The normalized spacial score (nSPS) is 19.6. The van der Waals surface area contributed by atoms with Crippen LogP contribution in [0.4, 0.5) is 0 Å². The van der Waals surface area contributed by atoms with Crippen molar-refractivity contribution in [3.8, 4) is 0 Å². The Kier molecular flexibility index (Phi) is 6.20. The molecule has 1 fully saturated rings. The first-order chi connectivity index (χ1) is 6.79. The number of nitrogens with zero attached hydrogens (tertiary/aromatic N) is 1. The maximum atomic E-state index is 2.61. The highest BCUT2D eigenvalue weighted by molar-refractivity contribution is 6.56. The van der Waals surface area contributed by atoms with Crippen LogP contribution in [0.3, 0.4) is 0 Å². The van der Waals surface area contributed by atoms with E-state index in [-0.39, 0.29) is 8.80 Å². The fourth-order valence-corrected chi connectivity index (χ4v) is 2.66. The quantitative estimate of drug-likeness (QED) is 0.499. The average Bonchev–Trinajstić information content (AvgIpc) is 2.18. The molecule has 0 aliphatic carbocycles. The smallest absolute Gasteiger partial charge is 0.0344 e. The minimum Gasteiger partial charge on any atom is -0.303 e. The molecule has 1 aliphatic rings. The van der Waals surface area contributed by atoms with Crippen molar-refractivity contribution in [2.24, 2.45) is 0 Å². The molecule has 1 saturated heterocycles. The van der Waals surface area contributed by atoms with Crippen LogP contribution in [0.15, 0.2) is 12.2 Å². The standard InChI is InChI=1S/C12H25NSi/c1-14(2)12-8-4-7-11-13-9-5-3-6-10-13/h4,8,14H,3,5-7,9-12H2,1-2H3. The van der Waals surface area contributed by atoms with Gasteiger partial charge in [0.25, 0.3) is 0 Å². The number of allylic oxidation sites excluding steroid dienone is 1. The van der Waals surface area contributed by atoms with E-state index in [1.165, 1.54) is 51.4 Å². The SMILES string of the molecule is C[SiH](C)CC=CCCN1CCCCC1. The van der Waals surface area contributed by atoms with Gasteiger partial charge in [0, 0.05) is 15.3 Å². The fourth-order valence-electron chi connectivity index (χ4n) is 1.93. The predicted molar refractivity (Wildman–Crippen MR) is 67.7 cm³/mol. The summed E-state index contributed by atoms with van der Waals surface area (Å²) in [5.74, 6) is 0. The molecule has 1 aliphatic heterocycles. The van der Waals surface area contributed by atoms with Gasteiger partial charge in [-0.3, -0.25) is 0 Å². The van der Waals surface area contributed by atoms with Crippen molar-refractivity contribution < 1.29 is 0 Å². The molecule has 1 heterocycles. The van der Waals surface area contributed by atoms with Gasteiger partial charge in [0.05, 0.1) is 0 Å². The lowest BCUT2D eigenvalue weighted by Gasteiger charge is -2.25. The predicted octanol–water partition coefficient (Wildman–Crippen LogP) is 2.91. The van der Waals surface area contributed by atoms with Crippen molar-refractivity contribution in [1.82, 2.24) is 4.90 Å². The molecular weight excluding hydrogens is 186 g/mol. The van der Waals surface area contributed by atoms with Crippen LogP contribution in [0.1, 0.15) is 25.7 Å². The third-order valence-electron chi connectivity index (χ3n) is 2.83. The van der Waals surface area contributed by atoms with Crippen molar-refractivity contribution in [2.45, 2.75) is 44.8 Å². The van der Waals surface area contributed by atoms with E-state index >= 15 is 0 Å². The van der Waals surface area contributed by atoms with Crippen molar-refractivity contribution in [3.05, 3.63) is 12.2 Å². The summed E-state index contributed by atoms with van der Waals surface area (Å²) in [5.41, 5.74) is 0. The molecule has 14 heavy (non-hydrogen) atoms. The summed E-state index contributed by atoms with van der Waals surface area (Å²) in [6, 6.07) is 1.38. The van der Waals surface area contributed by atoms with Gasteiger partial charge in [0.1, 0.15) is 0 Å². The maximum Gasteiger partial charge on any atom is 0.0344 e. The van der Waals surface area contributed by atoms with Crippen LogP contribution in [0.2, 0.25) is 19.1 Å². The molecule has 0 amide bonds. The van der Waals surface area contributed by atoms with Gasteiger partial charge in [0.2, 0.25) is 0 Å². The van der Waals surface area contributed by atoms with Crippen molar-refractivity contribution in [1.29, 1.82) is 0 Å². The summed E-state index contributed by atoms with van der Waals surface area (Å²) >= 11 is 0. The molecule has 1 nitrogen and oxygen atoms in total. The summed E-state index contributed by atoms with van der Waals surface area (Å²) in [6.07, 6.45) is 10.3. The lowest BCUT2D eigenvalue weighted by molar-refractivity contribution is 0.233. The Morgan fingerprint density at radius 1 is 1.07 bits per heavy atom. The second kappa shape index (κ2) is 7.24. The van der Waals surface area contributed by atoms with Gasteiger partial charge in [-0.2, -0.15) is 0 Å². The molecular formula is C12H25NSi. The summed E-state index contributed by atoms with van der Waals surface area (Å²) in [4.78, 5) is 2.61. The van der Waals surface area contributed by atoms with Gasteiger partial charge in [0.15, 0.2) is 0 Å². The molecule has 1 rings (SSSR count). The van der Waals surface area contributed by atoms with Crippen molar-refractivity contribution in [2.75, 3.05) is 19.6 Å². The Bertz CT molecular complexity index is 160. The lowest BCUT2D eigenvalue weighted by atomic mass is 10.1. The van der Waals surface area contributed by atoms with Gasteiger partial charge < -0.3 is 4.90 Å². The van der Waals surface area contributed by atoms with Crippen LogP contribution in [-0.2, 0) is 0 Å². The van der Waals surface area contributed by atoms with Crippen LogP contribution in [0.25, 0.3) is 0 Å². The van der Waals surface area contributed by atoms with Crippen LogP contribution < -0.4 is 0 Å². The molecule has 82 valence electrons. The fraction of sp³-hybridized carbons (Fsp3) is 0.833. The van der Waals surface area contributed by atoms with Crippen LogP contribution >= 0.6 is 0 Å². The molecule has 0 N–H and O–H groups in total. The first-order valence-electron chi connectivity index (χ1n) is 6.16. The molecule has 0 bridgehead atoms. The highest BCUT2D eigenvalue weighted by Crippen LogP contribution is 2.08. The number of likely N-dealkylation sites (tertiary alicyclic amines) is 1. The molecule has 0 spiro atoms. The molecule has 0 atom stereocenters. The summed E-state index contributed by atoms with van der Waals surface area (Å²) in [6.45, 7) is 8.79. The zero-order valence-corrected chi connectivity index (χ0v) is 11.0. The van der Waals surface area contributed by atoms with E-state index < -0.39 is 0 Å². The molecule has 0 unspecified atom stereocenters. The van der Waals surface area contributed by atoms with E-state index in [1.807, 2.05) is 0 Å². The third-order valence-corrected chi connectivity index (χ3v) is 4.05. The van der Waals surface area contributed by atoms with E-state index in [0.717, 1.165) is 0 Å². The van der Waals surface area contributed by atoms with Crippen LogP contribution in [0, 0.1) is 0 Å². The number of rotatable bonds is 5. The Balaban J connectivity index is 1.99. The third kappa shape index (κ3) is 5.61. The zero-order valence-electron chi connectivity index (χ0n) is 9.84. The Morgan fingerprint density at radius 3 is 2.43 bits per heavy atom. The van der Waals surface area contributed by atoms with Gasteiger partial charge in [-0.1, -0.05) is 31.7 Å². The summed E-state index contributed by atoms with van der Waals surface area (Å²) in [5, 5.41) is 0. The number of hydrogen-bond donors (Lipinski definition) is 0. The van der Waals surface area contributed by atoms with Crippen LogP contribution in [-0.4, -0.2) is 33.3 Å². The van der Waals surface area contributed by atoms with E-state index in [9.17, 15) is 0 Å². The Labute approximate surface area is 90.8 Å². The molecule has 0 saturated carbocycles. The molecule has 0 radical (unpaired) electrons. The number of hydrogen-bond acceptors (Lipinski definition) is 1.